The molecule has 0 aromatic rings. The van der Waals surface area contributed by atoms with Crippen LogP contribution in [0.5, 0.6) is 0 Å². The lowest BCUT2D eigenvalue weighted by atomic mass is 9.58. The lowest BCUT2D eigenvalue weighted by molar-refractivity contribution is 0.0286. The van der Waals surface area contributed by atoms with E-state index >= 15 is 0 Å². The van der Waals surface area contributed by atoms with Gasteiger partial charge in [-0.05, 0) is 281 Å². The molecule has 0 aromatic carbocycles. The molecule has 16 saturated carbocycles. The summed E-state index contributed by atoms with van der Waals surface area (Å²) in [5.41, 5.74) is 2.58. The van der Waals surface area contributed by atoms with Crippen LogP contribution < -0.4 is 0 Å². The van der Waals surface area contributed by atoms with Crippen LogP contribution in [0.3, 0.4) is 0 Å². The molecule has 0 nitrogen and oxygen atoms in total. The number of hydrogen-bond donors (Lipinski definition) is 0. The van der Waals surface area contributed by atoms with Crippen molar-refractivity contribution in [3.8, 4) is 0 Å². The van der Waals surface area contributed by atoms with E-state index in [0.29, 0.717) is 16.2 Å². The normalized spacial score (nSPS) is 43.9. The van der Waals surface area contributed by atoms with Crippen molar-refractivity contribution in [3.05, 3.63) is 0 Å². The van der Waals surface area contributed by atoms with E-state index in [1.54, 1.807) is 89.9 Å². The molecule has 12 bridgehead atoms. The third-order valence-electron chi connectivity index (χ3n) is 30.2. The zero-order valence-electron chi connectivity index (χ0n) is 58.0. The van der Waals surface area contributed by atoms with Gasteiger partial charge in [0.25, 0.3) is 0 Å². The van der Waals surface area contributed by atoms with Crippen molar-refractivity contribution >= 4 is 0 Å². The van der Waals surface area contributed by atoms with Crippen LogP contribution >= 0.6 is 0 Å². The summed E-state index contributed by atoms with van der Waals surface area (Å²) in [7, 11) is 0. The molecule has 0 spiro atoms. The van der Waals surface area contributed by atoms with Crippen molar-refractivity contribution in [1.29, 1.82) is 0 Å². The van der Waals surface area contributed by atoms with Crippen molar-refractivity contribution in [1.82, 2.24) is 0 Å². The smallest absolute Gasteiger partial charge is 0.0297 e. The van der Waals surface area contributed by atoms with Gasteiger partial charge in [0.1, 0.15) is 0 Å². The number of hydrogen-bond acceptors (Lipinski definition) is 0. The van der Waals surface area contributed by atoms with Crippen LogP contribution in [0.2, 0.25) is 0 Å². The largest absolute Gasteiger partial charge is 0.0651 e. The van der Waals surface area contributed by atoms with E-state index in [0.717, 1.165) is 130 Å². The van der Waals surface area contributed by atoms with Gasteiger partial charge in [0.15, 0.2) is 0 Å². The van der Waals surface area contributed by atoms with Crippen LogP contribution in [0.15, 0.2) is 0 Å². The second-order valence-corrected chi connectivity index (χ2v) is 35.8. The third-order valence-corrected chi connectivity index (χ3v) is 30.2. The molecular formula is C80H148. The predicted octanol–water partition coefficient (Wildman–Crippen LogP) is 26.1. The van der Waals surface area contributed by atoms with E-state index in [2.05, 4.69) is 118 Å². The molecule has 468 valence electrons. The molecule has 16 aliphatic carbocycles. The van der Waals surface area contributed by atoms with Crippen molar-refractivity contribution in [2.45, 2.75) is 362 Å². The monoisotopic (exact) mass is 1110 g/mol. The Morgan fingerprint density at radius 1 is 0.338 bits per heavy atom. The van der Waals surface area contributed by atoms with E-state index < -0.39 is 0 Å². The molecule has 0 amide bonds. The van der Waals surface area contributed by atoms with Gasteiger partial charge in [0.2, 0.25) is 0 Å². The fourth-order valence-corrected chi connectivity index (χ4v) is 22.5. The number of fused-ring (bicyclic) bond motifs is 13. The molecule has 16 rings (SSSR count). The standard InChI is InChI=1S/C11H22.C10H18.4C9H16.C8H14.C8H16.C7H14/c1-9-10(2,3)7-6-8-11(9,4)5;1-7-8-4-5-9(6-8)10(7,2)3;1-7-5-8-3-4-9(7,2)6-8;1-6-7(2)9-4-3-8(6)5-9;1-7-6-8-2-4-9(7)5-3-8;1-2-8-5-7-3-4-9(8)6-7;1-6-4-7-2-3-8(6)5-7;1-2-8-6-4-3-5-7-8;1-2-7-5-3-4-6-7/h9H,6-8H2,1-5H3;7-9H,4-6H2,1-3H3;7-8H,3-6H2,1-2H3;6-9H,3-5H2,1-2H3;2*7-9H,2-6H2,1H3;6-8H,2-5H2,1H3;8H,2-7H2,1H3;7H,2-6H2,1H3/t;2*7-,8?,9?;6-,7?,8?,9?;7-,8?,9?;;6-,7?,8?;;/m.1000.0../s1. The highest BCUT2D eigenvalue weighted by Gasteiger charge is 2.50. The van der Waals surface area contributed by atoms with Crippen LogP contribution in [0.4, 0.5) is 0 Å². The first-order valence-electron chi connectivity index (χ1n) is 38.0. The Morgan fingerprint density at radius 2 is 0.812 bits per heavy atom. The summed E-state index contributed by atoms with van der Waals surface area (Å²) in [6.45, 7) is 41.1. The first kappa shape index (κ1) is 67.5. The van der Waals surface area contributed by atoms with Gasteiger partial charge in [0.05, 0.1) is 0 Å². The Morgan fingerprint density at radius 3 is 1.06 bits per heavy atom. The minimum atomic E-state index is 0.571. The summed E-state index contributed by atoms with van der Waals surface area (Å²) in [6.07, 6.45) is 57.6. The average molecular weight is 1110 g/mol. The van der Waals surface area contributed by atoms with Gasteiger partial charge in [-0.25, -0.2) is 0 Å². The third kappa shape index (κ3) is 18.1. The maximum atomic E-state index is 2.48. The first-order chi connectivity index (χ1) is 38.0. The predicted molar refractivity (Wildman–Crippen MR) is 355 cm³/mol. The maximum absolute atomic E-state index is 2.48. The van der Waals surface area contributed by atoms with Crippen LogP contribution in [0.1, 0.15) is 362 Å². The molecule has 0 aliphatic heterocycles. The van der Waals surface area contributed by atoms with E-state index in [4.69, 9.17) is 0 Å². The van der Waals surface area contributed by atoms with Gasteiger partial charge in [-0.3, -0.25) is 0 Å². The van der Waals surface area contributed by atoms with E-state index in [1.807, 2.05) is 0 Å². The molecule has 12 unspecified atom stereocenters. The Hall–Kier alpha value is 0. The maximum Gasteiger partial charge on any atom is -0.0297 e. The van der Waals surface area contributed by atoms with Gasteiger partial charge in [-0.2, -0.15) is 0 Å². The minimum absolute atomic E-state index is 0.571. The van der Waals surface area contributed by atoms with Crippen molar-refractivity contribution < 1.29 is 0 Å². The second kappa shape index (κ2) is 30.8. The molecular weight excluding hydrogens is 961 g/mol. The molecule has 17 atom stereocenters. The summed E-state index contributed by atoms with van der Waals surface area (Å²) in [5, 5.41) is 0. The fraction of sp³-hybridized carbons (Fsp3) is 1.00. The molecule has 16 aliphatic rings. The van der Waals surface area contributed by atoms with Crippen LogP contribution in [-0.4, -0.2) is 0 Å². The van der Waals surface area contributed by atoms with Gasteiger partial charge < -0.3 is 0 Å². The van der Waals surface area contributed by atoms with Gasteiger partial charge in [0, 0.05) is 0 Å². The summed E-state index contributed by atoms with van der Waals surface area (Å²) in [5.74, 6) is 22.8. The highest BCUT2D eigenvalue weighted by atomic mass is 14.6. The Labute approximate surface area is 505 Å². The molecule has 0 aromatic heterocycles. The zero-order chi connectivity index (χ0) is 58.0. The fourth-order valence-electron chi connectivity index (χ4n) is 22.5. The van der Waals surface area contributed by atoms with Crippen molar-refractivity contribution in [2.24, 2.45) is 146 Å². The molecule has 0 heteroatoms. The molecule has 80 heavy (non-hydrogen) atoms. The van der Waals surface area contributed by atoms with E-state index in [1.165, 1.54) is 154 Å². The van der Waals surface area contributed by atoms with Crippen molar-refractivity contribution in [2.75, 3.05) is 0 Å². The molecule has 0 saturated heterocycles. The summed E-state index contributed by atoms with van der Waals surface area (Å²) < 4.78 is 0. The summed E-state index contributed by atoms with van der Waals surface area (Å²) >= 11 is 0. The molecule has 16 fully saturated rings. The van der Waals surface area contributed by atoms with Gasteiger partial charge in [-0.15, -0.1) is 0 Å². The van der Waals surface area contributed by atoms with Crippen LogP contribution in [0.25, 0.3) is 0 Å². The van der Waals surface area contributed by atoms with Crippen molar-refractivity contribution in [3.63, 3.8) is 0 Å². The average Bonchev–Trinajstić information content (AvgIpc) is 4.30. The Kier molecular flexibility index (Phi) is 26.0. The number of rotatable bonds is 3. The lowest BCUT2D eigenvalue weighted by Gasteiger charge is -2.47. The van der Waals surface area contributed by atoms with Gasteiger partial charge in [-0.1, -0.05) is 227 Å². The van der Waals surface area contributed by atoms with Crippen LogP contribution in [-0.2, 0) is 0 Å². The quantitative estimate of drug-likeness (QED) is 0.264. The van der Waals surface area contributed by atoms with Gasteiger partial charge >= 0.3 is 0 Å². The molecule has 0 N–H and O–H groups in total. The second-order valence-electron chi connectivity index (χ2n) is 35.8. The summed E-state index contributed by atoms with van der Waals surface area (Å²) in [6, 6.07) is 0. The summed E-state index contributed by atoms with van der Waals surface area (Å²) in [4.78, 5) is 0. The van der Waals surface area contributed by atoms with E-state index in [9.17, 15) is 0 Å². The Balaban J connectivity index is 0.000000130. The zero-order valence-corrected chi connectivity index (χ0v) is 58.0. The molecule has 0 radical (unpaired) electrons. The SMILES string of the molecule is CC1C(C)(C)CCCC1(C)C.CC1C2CCC(C2)[C@H]1C.CCC1CC2CCC1C2.CCC1CCCC1.CCC1CCCCC1.C[C@@H]1C2CCC(C2)C1(C)C.C[C@H]1CC2CCC1(C)C2.C[C@H]1CC2CCC1C2.C[C@H]1CC2CCC1CC2. The lowest BCUT2D eigenvalue weighted by Crippen LogP contribution is -2.38. The van der Waals surface area contributed by atoms with E-state index in [-0.39, 0.29) is 0 Å². The first-order valence-corrected chi connectivity index (χ1v) is 38.0. The minimum Gasteiger partial charge on any atom is -0.0651 e. The van der Waals surface area contributed by atoms with Crippen LogP contribution in [0, 0.1) is 146 Å². The molecule has 0 heterocycles. The Bertz CT molecular complexity index is 1660. The highest BCUT2D eigenvalue weighted by molar-refractivity contribution is 5.00. The topological polar surface area (TPSA) is 0 Å². The highest BCUT2D eigenvalue weighted by Crippen LogP contribution is 2.60.